The van der Waals surface area contributed by atoms with Crippen LogP contribution in [-0.2, 0) is 5.41 Å². The predicted octanol–water partition coefficient (Wildman–Crippen LogP) is 17.4. The maximum Gasteiger partial charge on any atom is 0.0726 e. The normalized spacial score (nSPS) is 13.0. The van der Waals surface area contributed by atoms with Crippen LogP contribution < -0.4 is 4.90 Å². The highest BCUT2D eigenvalue weighted by Crippen LogP contribution is 2.65. The zero-order valence-electron chi connectivity index (χ0n) is 38.2. The highest BCUT2D eigenvalue weighted by molar-refractivity contribution is 6.17. The van der Waals surface area contributed by atoms with Gasteiger partial charge in [0.2, 0.25) is 0 Å². The molecule has 11 aromatic carbocycles. The van der Waals surface area contributed by atoms with E-state index < -0.39 is 5.41 Å². The first-order valence-electron chi connectivity index (χ1n) is 24.3. The molecule has 0 bridgehead atoms. The summed E-state index contributed by atoms with van der Waals surface area (Å²) in [5, 5.41) is 4.91. The average Bonchev–Trinajstić information content (AvgIpc) is 4.14. The number of hydrogen-bond donors (Lipinski definition) is 0. The van der Waals surface area contributed by atoms with Crippen LogP contribution in [0.5, 0.6) is 0 Å². The Hall–Kier alpha value is -9.18. The van der Waals surface area contributed by atoms with E-state index in [1.807, 2.05) is 0 Å². The molecule has 2 aliphatic rings. The highest BCUT2D eigenvalue weighted by atomic mass is 15.2. The fourth-order valence-electron chi connectivity index (χ4n) is 12.6. The van der Waals surface area contributed by atoms with Gasteiger partial charge in [-0.3, -0.25) is 0 Å². The number of nitrogens with zero attached hydrogens (tertiary/aromatic N) is 3. The van der Waals surface area contributed by atoms with Crippen LogP contribution in [0.3, 0.4) is 0 Å². The van der Waals surface area contributed by atoms with Gasteiger partial charge < -0.3 is 14.0 Å². The Kier molecular flexibility index (Phi) is 8.28. The van der Waals surface area contributed by atoms with Crippen LogP contribution in [0.4, 0.5) is 17.1 Å². The maximum atomic E-state index is 2.55. The molecule has 0 fully saturated rings. The van der Waals surface area contributed by atoms with Crippen molar-refractivity contribution in [1.29, 1.82) is 0 Å². The molecule has 70 heavy (non-hydrogen) atoms. The van der Waals surface area contributed by atoms with Crippen LogP contribution in [0.25, 0.3) is 88.4 Å². The van der Waals surface area contributed by atoms with Crippen molar-refractivity contribution in [3.05, 3.63) is 283 Å². The number of aromatic nitrogens is 2. The molecule has 0 amide bonds. The number of rotatable bonds is 6. The molecule has 2 aliphatic carbocycles. The molecule has 0 aliphatic heterocycles. The lowest BCUT2D eigenvalue weighted by atomic mass is 9.70. The number of hydrogen-bond acceptors (Lipinski definition) is 1. The number of fused-ring (bicyclic) bond motifs is 16. The summed E-state index contributed by atoms with van der Waals surface area (Å²) in [7, 11) is 0. The first-order valence-corrected chi connectivity index (χ1v) is 24.3. The molecule has 0 N–H and O–H groups in total. The van der Waals surface area contributed by atoms with Crippen molar-refractivity contribution >= 4 is 60.7 Å². The van der Waals surface area contributed by atoms with E-state index in [2.05, 4.69) is 275 Å². The molecule has 0 atom stereocenters. The van der Waals surface area contributed by atoms with Crippen LogP contribution in [0, 0.1) is 0 Å². The second-order valence-electron chi connectivity index (χ2n) is 18.7. The molecule has 3 nitrogen and oxygen atoms in total. The number of benzene rings is 11. The van der Waals surface area contributed by atoms with Crippen molar-refractivity contribution < 1.29 is 0 Å². The van der Waals surface area contributed by atoms with Gasteiger partial charge in [0.25, 0.3) is 0 Å². The number of para-hydroxylation sites is 4. The fraction of sp³-hybridized carbons (Fsp3) is 0.0149. The van der Waals surface area contributed by atoms with Gasteiger partial charge in [0, 0.05) is 44.2 Å². The Labute approximate surface area is 406 Å². The molecule has 0 radical (unpaired) electrons. The van der Waals surface area contributed by atoms with Crippen molar-refractivity contribution in [1.82, 2.24) is 9.13 Å². The second-order valence-corrected chi connectivity index (χ2v) is 18.7. The minimum Gasteiger partial charge on any atom is -0.309 e. The lowest BCUT2D eigenvalue weighted by molar-refractivity contribution is 0.794. The Balaban J connectivity index is 0.978. The van der Waals surface area contributed by atoms with E-state index >= 15 is 0 Å². The summed E-state index contributed by atoms with van der Waals surface area (Å²) in [4.78, 5) is 2.55. The Morgan fingerprint density at radius 3 is 1.46 bits per heavy atom. The summed E-state index contributed by atoms with van der Waals surface area (Å²) in [6, 6.07) is 96.6. The molecule has 2 heterocycles. The summed E-state index contributed by atoms with van der Waals surface area (Å²) in [5.74, 6) is 0. The third-order valence-corrected chi connectivity index (χ3v) is 15.3. The SMILES string of the molecule is c1ccc(-n2c3ccccc3c3cc(-c4ccc(N(c5cccc6c5-c5ccccc5C65c6ccccc6-c6ccccc65)c5cccc6c5c5ccccc5n6-c5ccccc5)cc4)ccc32)cc1. The van der Waals surface area contributed by atoms with E-state index in [-0.39, 0.29) is 0 Å². The molecule has 326 valence electrons. The van der Waals surface area contributed by atoms with Gasteiger partial charge in [-0.1, -0.05) is 182 Å². The number of anilines is 3. The largest absolute Gasteiger partial charge is 0.309 e. The Bertz CT molecular complexity index is 4190. The molecule has 0 unspecified atom stereocenters. The molecule has 0 saturated carbocycles. The highest BCUT2D eigenvalue weighted by Gasteiger charge is 2.52. The van der Waals surface area contributed by atoms with Crippen molar-refractivity contribution in [2.24, 2.45) is 0 Å². The Morgan fingerprint density at radius 2 is 0.771 bits per heavy atom. The molecular formula is C67H43N3. The summed E-state index contributed by atoms with van der Waals surface area (Å²) in [5.41, 5.74) is 22.8. The maximum absolute atomic E-state index is 2.55. The molecular weight excluding hydrogens is 847 g/mol. The van der Waals surface area contributed by atoms with Gasteiger partial charge >= 0.3 is 0 Å². The molecule has 0 saturated heterocycles. The van der Waals surface area contributed by atoms with Gasteiger partial charge in [-0.2, -0.15) is 0 Å². The van der Waals surface area contributed by atoms with E-state index in [1.54, 1.807) is 0 Å². The van der Waals surface area contributed by atoms with E-state index in [4.69, 9.17) is 0 Å². The minimum absolute atomic E-state index is 0.470. The molecule has 3 heteroatoms. The van der Waals surface area contributed by atoms with E-state index in [0.717, 1.165) is 34.0 Å². The second kappa shape index (κ2) is 14.9. The first-order chi connectivity index (χ1) is 34.8. The monoisotopic (exact) mass is 889 g/mol. The summed E-state index contributed by atoms with van der Waals surface area (Å²) >= 11 is 0. The van der Waals surface area contributed by atoms with Gasteiger partial charge in [0.05, 0.1) is 38.9 Å². The topological polar surface area (TPSA) is 13.1 Å². The molecule has 13 aromatic rings. The van der Waals surface area contributed by atoms with Crippen molar-refractivity contribution in [2.45, 2.75) is 5.41 Å². The van der Waals surface area contributed by atoms with Gasteiger partial charge in [0.15, 0.2) is 0 Å². The summed E-state index contributed by atoms with van der Waals surface area (Å²) < 4.78 is 4.81. The summed E-state index contributed by atoms with van der Waals surface area (Å²) in [6.07, 6.45) is 0. The first kappa shape index (κ1) is 38.9. The van der Waals surface area contributed by atoms with E-state index in [0.29, 0.717) is 0 Å². The smallest absolute Gasteiger partial charge is 0.0726 e. The van der Waals surface area contributed by atoms with E-state index in [1.165, 1.54) is 93.7 Å². The zero-order chi connectivity index (χ0) is 45.9. The van der Waals surface area contributed by atoms with Crippen LogP contribution in [0.1, 0.15) is 22.3 Å². The lowest BCUT2D eigenvalue weighted by Crippen LogP contribution is -2.26. The van der Waals surface area contributed by atoms with Crippen molar-refractivity contribution in [3.8, 4) is 44.8 Å². The lowest BCUT2D eigenvalue weighted by Gasteiger charge is -2.32. The van der Waals surface area contributed by atoms with Gasteiger partial charge in [0.1, 0.15) is 0 Å². The Morgan fingerprint density at radius 1 is 0.300 bits per heavy atom. The molecule has 1 spiro atoms. The zero-order valence-corrected chi connectivity index (χ0v) is 38.2. The molecule has 2 aromatic heterocycles. The van der Waals surface area contributed by atoms with Gasteiger partial charge in [-0.05, 0) is 129 Å². The molecule has 15 rings (SSSR count). The van der Waals surface area contributed by atoms with Crippen LogP contribution >= 0.6 is 0 Å². The third-order valence-electron chi connectivity index (χ3n) is 15.3. The minimum atomic E-state index is -0.470. The van der Waals surface area contributed by atoms with Gasteiger partial charge in [-0.15, -0.1) is 0 Å². The summed E-state index contributed by atoms with van der Waals surface area (Å²) in [6.45, 7) is 0. The van der Waals surface area contributed by atoms with Crippen molar-refractivity contribution in [3.63, 3.8) is 0 Å². The predicted molar refractivity (Wildman–Crippen MR) is 292 cm³/mol. The van der Waals surface area contributed by atoms with Gasteiger partial charge in [-0.25, -0.2) is 0 Å². The third kappa shape index (κ3) is 5.29. The standard InChI is InChI=1S/C67H43N3/c1-3-19-46(20-4-1)68-59-32-15-10-25-51(59)54-43-45(39-42-61(54)68)44-37-40-48(41-38-44)70(64-36-18-35-63-66(64)53-27-11-16-33-60(53)69(63)47-21-5-2-6-22-47)62-34-17-31-58-65(62)52-26-9-14-30-57(52)67(58)55-28-12-7-23-49(55)50-24-8-13-29-56(50)67/h1-43H. The van der Waals surface area contributed by atoms with Crippen LogP contribution in [0.15, 0.2) is 261 Å². The van der Waals surface area contributed by atoms with Crippen LogP contribution in [0.2, 0.25) is 0 Å². The van der Waals surface area contributed by atoms with Crippen LogP contribution in [-0.4, -0.2) is 9.13 Å². The van der Waals surface area contributed by atoms with Crippen molar-refractivity contribution in [2.75, 3.05) is 4.90 Å². The van der Waals surface area contributed by atoms with E-state index in [9.17, 15) is 0 Å². The average molecular weight is 890 g/mol. The fourth-order valence-corrected chi connectivity index (χ4v) is 12.6. The quantitative estimate of drug-likeness (QED) is 0.162.